The van der Waals surface area contributed by atoms with Gasteiger partial charge in [-0.1, -0.05) is 35.3 Å². The van der Waals surface area contributed by atoms with Crippen LogP contribution in [0.15, 0.2) is 41.3 Å². The molecule has 2 aliphatic heterocycles. The van der Waals surface area contributed by atoms with E-state index < -0.39 is 10.0 Å². The fourth-order valence-corrected chi connectivity index (χ4v) is 6.37. The number of rotatable bonds is 3. The van der Waals surface area contributed by atoms with Crippen LogP contribution in [0.3, 0.4) is 0 Å². The SMILES string of the molecule is O=S(=O)(c1c(Cl)cccc1Cl)N1CCCC1c1ccc2c(c1)OCCCO2. The molecule has 8 heteroatoms. The number of halogens is 2. The van der Waals surface area contributed by atoms with E-state index in [1.54, 1.807) is 18.2 Å². The van der Waals surface area contributed by atoms with Crippen molar-refractivity contribution in [1.82, 2.24) is 4.31 Å². The largest absolute Gasteiger partial charge is 0.490 e. The van der Waals surface area contributed by atoms with Crippen molar-refractivity contribution in [3.8, 4) is 11.5 Å². The summed E-state index contributed by atoms with van der Waals surface area (Å²) in [7, 11) is -3.83. The maximum absolute atomic E-state index is 13.3. The molecule has 1 saturated heterocycles. The highest BCUT2D eigenvalue weighted by Crippen LogP contribution is 2.42. The zero-order chi connectivity index (χ0) is 19.0. The van der Waals surface area contributed by atoms with Crippen molar-refractivity contribution in [3.05, 3.63) is 52.0 Å². The van der Waals surface area contributed by atoms with Crippen molar-refractivity contribution in [3.63, 3.8) is 0 Å². The van der Waals surface area contributed by atoms with Gasteiger partial charge in [0.15, 0.2) is 11.5 Å². The van der Waals surface area contributed by atoms with Crippen LogP contribution in [0.25, 0.3) is 0 Å². The Morgan fingerprint density at radius 1 is 0.963 bits per heavy atom. The number of benzene rings is 2. The Labute approximate surface area is 168 Å². The summed E-state index contributed by atoms with van der Waals surface area (Å²) in [4.78, 5) is -0.0328. The molecule has 144 valence electrons. The molecule has 0 amide bonds. The van der Waals surface area contributed by atoms with Gasteiger partial charge in [0.05, 0.1) is 29.3 Å². The standard InChI is InChI=1S/C19H19Cl2NO4S/c20-14-4-1-5-15(21)19(14)27(23,24)22-9-2-6-16(22)13-7-8-17-18(12-13)26-11-3-10-25-17/h1,4-5,7-8,12,16H,2-3,6,9-11H2. The Hall–Kier alpha value is -1.47. The second-order valence-electron chi connectivity index (χ2n) is 6.58. The second-order valence-corrected chi connectivity index (χ2v) is 9.22. The van der Waals surface area contributed by atoms with Crippen molar-refractivity contribution < 1.29 is 17.9 Å². The third-order valence-electron chi connectivity index (χ3n) is 4.85. The third-order valence-corrected chi connectivity index (χ3v) is 7.71. The van der Waals surface area contributed by atoms with Gasteiger partial charge >= 0.3 is 0 Å². The van der Waals surface area contributed by atoms with Crippen molar-refractivity contribution in [2.24, 2.45) is 0 Å². The second kappa shape index (κ2) is 7.51. The molecule has 27 heavy (non-hydrogen) atoms. The van der Waals surface area contributed by atoms with E-state index in [1.807, 2.05) is 18.2 Å². The Balaban J connectivity index is 1.72. The van der Waals surface area contributed by atoms with Gasteiger partial charge in [-0.2, -0.15) is 4.31 Å². The van der Waals surface area contributed by atoms with E-state index >= 15 is 0 Å². The first kappa shape index (κ1) is 18.9. The zero-order valence-electron chi connectivity index (χ0n) is 14.5. The molecule has 0 radical (unpaired) electrons. The lowest BCUT2D eigenvalue weighted by Gasteiger charge is -2.26. The minimum atomic E-state index is -3.83. The lowest BCUT2D eigenvalue weighted by Crippen LogP contribution is -2.31. The van der Waals surface area contributed by atoms with Crippen molar-refractivity contribution in [2.45, 2.75) is 30.2 Å². The number of fused-ring (bicyclic) bond motifs is 1. The molecule has 0 saturated carbocycles. The fraction of sp³-hybridized carbons (Fsp3) is 0.368. The van der Waals surface area contributed by atoms with Crippen LogP contribution >= 0.6 is 23.2 Å². The number of ether oxygens (including phenoxy) is 2. The number of sulfonamides is 1. The smallest absolute Gasteiger partial charge is 0.246 e. The van der Waals surface area contributed by atoms with Crippen LogP contribution in [0.1, 0.15) is 30.9 Å². The van der Waals surface area contributed by atoms with Gasteiger partial charge in [-0.05, 0) is 42.7 Å². The molecule has 2 aliphatic rings. The van der Waals surface area contributed by atoms with Gasteiger partial charge in [0, 0.05) is 13.0 Å². The highest BCUT2D eigenvalue weighted by Gasteiger charge is 2.38. The summed E-state index contributed by atoms with van der Waals surface area (Å²) in [6, 6.07) is 10.1. The molecule has 0 aromatic heterocycles. The summed E-state index contributed by atoms with van der Waals surface area (Å²) in [5, 5.41) is 0.263. The van der Waals surface area contributed by atoms with E-state index in [-0.39, 0.29) is 21.0 Å². The Morgan fingerprint density at radius 2 is 1.67 bits per heavy atom. The predicted molar refractivity (Wildman–Crippen MR) is 104 cm³/mol. The highest BCUT2D eigenvalue weighted by molar-refractivity contribution is 7.89. The number of nitrogens with zero attached hydrogens (tertiary/aromatic N) is 1. The predicted octanol–water partition coefficient (Wildman–Crippen LogP) is 4.68. The van der Waals surface area contributed by atoms with Gasteiger partial charge in [-0.3, -0.25) is 0 Å². The maximum atomic E-state index is 13.3. The molecule has 4 rings (SSSR count). The number of hydrogen-bond donors (Lipinski definition) is 0. The van der Waals surface area contributed by atoms with Gasteiger partial charge in [0.2, 0.25) is 10.0 Å². The molecule has 2 aromatic rings. The summed E-state index contributed by atoms with van der Waals surface area (Å²) in [6.07, 6.45) is 2.31. The zero-order valence-corrected chi connectivity index (χ0v) is 16.9. The molecule has 0 bridgehead atoms. The Bertz CT molecular complexity index is 944. The summed E-state index contributed by atoms with van der Waals surface area (Å²) >= 11 is 12.3. The minimum absolute atomic E-state index is 0.0328. The highest BCUT2D eigenvalue weighted by atomic mass is 35.5. The van der Waals surface area contributed by atoms with Gasteiger partial charge in [-0.25, -0.2) is 8.42 Å². The molecule has 1 atom stereocenters. The monoisotopic (exact) mass is 427 g/mol. The molecule has 5 nitrogen and oxygen atoms in total. The molecule has 0 spiro atoms. The molecule has 2 aromatic carbocycles. The first-order valence-electron chi connectivity index (χ1n) is 8.84. The van der Waals surface area contributed by atoms with E-state index in [0.717, 1.165) is 24.8 Å². The van der Waals surface area contributed by atoms with Crippen LogP contribution in [-0.4, -0.2) is 32.5 Å². The first-order valence-corrected chi connectivity index (χ1v) is 11.0. The lowest BCUT2D eigenvalue weighted by molar-refractivity contribution is 0.296. The van der Waals surface area contributed by atoms with Crippen LogP contribution in [0.5, 0.6) is 11.5 Å². The molecular weight excluding hydrogens is 409 g/mol. The van der Waals surface area contributed by atoms with Crippen LogP contribution in [0.2, 0.25) is 10.0 Å². The molecule has 0 aliphatic carbocycles. The van der Waals surface area contributed by atoms with Crippen molar-refractivity contribution >= 4 is 33.2 Å². The maximum Gasteiger partial charge on any atom is 0.246 e. The van der Waals surface area contributed by atoms with Crippen LogP contribution in [0, 0.1) is 0 Å². The van der Waals surface area contributed by atoms with Gasteiger partial charge in [0.25, 0.3) is 0 Å². The Kier molecular flexibility index (Phi) is 5.25. The lowest BCUT2D eigenvalue weighted by atomic mass is 10.0. The normalized spacial score (nSPS) is 20.4. The molecule has 1 unspecified atom stereocenters. The van der Waals surface area contributed by atoms with Gasteiger partial charge in [0.1, 0.15) is 4.90 Å². The average molecular weight is 428 g/mol. The van der Waals surface area contributed by atoms with E-state index in [2.05, 4.69) is 0 Å². The quantitative estimate of drug-likeness (QED) is 0.713. The topological polar surface area (TPSA) is 55.8 Å². The van der Waals surface area contributed by atoms with Crippen molar-refractivity contribution in [1.29, 1.82) is 0 Å². The summed E-state index contributed by atoms with van der Waals surface area (Å²) < 4.78 is 39.5. The van der Waals surface area contributed by atoms with E-state index in [4.69, 9.17) is 32.7 Å². The minimum Gasteiger partial charge on any atom is -0.490 e. The van der Waals surface area contributed by atoms with Gasteiger partial charge in [-0.15, -0.1) is 0 Å². The first-order chi connectivity index (χ1) is 13.0. The van der Waals surface area contributed by atoms with Crippen LogP contribution in [0.4, 0.5) is 0 Å². The third kappa shape index (κ3) is 3.51. The van der Waals surface area contributed by atoms with E-state index in [9.17, 15) is 8.42 Å². The summed E-state index contributed by atoms with van der Waals surface area (Å²) in [5.74, 6) is 1.35. The van der Waals surface area contributed by atoms with E-state index in [1.165, 1.54) is 4.31 Å². The summed E-state index contributed by atoms with van der Waals surface area (Å²) in [6.45, 7) is 1.61. The van der Waals surface area contributed by atoms with Crippen molar-refractivity contribution in [2.75, 3.05) is 19.8 Å². The summed E-state index contributed by atoms with van der Waals surface area (Å²) in [5.41, 5.74) is 0.878. The van der Waals surface area contributed by atoms with Crippen LogP contribution in [-0.2, 0) is 10.0 Å². The fourth-order valence-electron chi connectivity index (χ4n) is 3.59. The van der Waals surface area contributed by atoms with Gasteiger partial charge < -0.3 is 9.47 Å². The van der Waals surface area contributed by atoms with E-state index in [0.29, 0.717) is 31.3 Å². The molecular formula is C19H19Cl2NO4S. The van der Waals surface area contributed by atoms with Crippen LogP contribution < -0.4 is 9.47 Å². The molecule has 1 fully saturated rings. The number of hydrogen-bond acceptors (Lipinski definition) is 4. The molecule has 2 heterocycles. The molecule has 0 N–H and O–H groups in total. The average Bonchev–Trinajstić information content (AvgIpc) is 3.01. The Morgan fingerprint density at radius 3 is 2.41 bits per heavy atom.